The molecule has 0 amide bonds. The van der Waals surface area contributed by atoms with Gasteiger partial charge in [0.25, 0.3) is 6.43 Å². The minimum Gasteiger partial charge on any atom is -0.327 e. The molecular weight excluding hydrogens is 302 g/mol. The van der Waals surface area contributed by atoms with Crippen LogP contribution in [-0.4, -0.2) is 48.6 Å². The summed E-state index contributed by atoms with van der Waals surface area (Å²) < 4.78 is 51.1. The van der Waals surface area contributed by atoms with Gasteiger partial charge in [-0.15, -0.1) is 0 Å². The third-order valence-electron chi connectivity index (χ3n) is 3.28. The number of hydrogen-bond donors (Lipinski definition) is 1. The monoisotopic (exact) mass is 324 g/mol. The number of halogens is 2. The molecule has 0 aromatic carbocycles. The molecule has 0 bridgehead atoms. The standard InChI is InChI=1S/C12H22F2N4O2S/c1-9(2)11(15)4-5-17(3)21(19,20)10-6-16-18(7-10)8-12(13)14/h6-7,9,11-12H,4-5,8,15H2,1-3H3. The molecule has 0 aliphatic heterocycles. The lowest BCUT2D eigenvalue weighted by atomic mass is 10.0. The van der Waals surface area contributed by atoms with Crippen LogP contribution in [0.2, 0.25) is 0 Å². The maximum Gasteiger partial charge on any atom is 0.257 e. The zero-order chi connectivity index (χ0) is 16.2. The molecule has 1 heterocycles. The van der Waals surface area contributed by atoms with Crippen LogP contribution < -0.4 is 5.73 Å². The zero-order valence-corrected chi connectivity index (χ0v) is 13.2. The predicted molar refractivity (Wildman–Crippen MR) is 75.5 cm³/mol. The maximum absolute atomic E-state index is 12.3. The third-order valence-corrected chi connectivity index (χ3v) is 5.09. The Hall–Kier alpha value is -1.06. The molecule has 122 valence electrons. The zero-order valence-electron chi connectivity index (χ0n) is 12.4. The Morgan fingerprint density at radius 2 is 2.05 bits per heavy atom. The molecule has 1 rings (SSSR count). The first-order valence-electron chi connectivity index (χ1n) is 6.67. The van der Waals surface area contributed by atoms with E-state index in [-0.39, 0.29) is 23.4 Å². The van der Waals surface area contributed by atoms with Gasteiger partial charge < -0.3 is 5.73 Å². The van der Waals surface area contributed by atoms with E-state index in [1.807, 2.05) is 13.8 Å². The van der Waals surface area contributed by atoms with Crippen molar-refractivity contribution >= 4 is 10.0 Å². The average molecular weight is 324 g/mol. The first kappa shape index (κ1) is 18.0. The second kappa shape index (κ2) is 7.28. The summed E-state index contributed by atoms with van der Waals surface area (Å²) in [7, 11) is -2.29. The van der Waals surface area contributed by atoms with Crippen LogP contribution in [0, 0.1) is 5.92 Å². The molecule has 1 aromatic rings. The quantitative estimate of drug-likeness (QED) is 0.777. The van der Waals surface area contributed by atoms with Gasteiger partial charge in [0.1, 0.15) is 11.4 Å². The third kappa shape index (κ3) is 5.01. The highest BCUT2D eigenvalue weighted by Crippen LogP contribution is 2.15. The highest BCUT2D eigenvalue weighted by atomic mass is 32.2. The van der Waals surface area contributed by atoms with E-state index < -0.39 is 23.0 Å². The summed E-state index contributed by atoms with van der Waals surface area (Å²) in [6.07, 6.45) is 0.137. The van der Waals surface area contributed by atoms with Crippen molar-refractivity contribution in [3.63, 3.8) is 0 Å². The van der Waals surface area contributed by atoms with Gasteiger partial charge in [0.05, 0.1) is 6.20 Å². The van der Waals surface area contributed by atoms with Crippen molar-refractivity contribution < 1.29 is 17.2 Å². The number of alkyl halides is 2. The molecule has 6 nitrogen and oxygen atoms in total. The lowest BCUT2D eigenvalue weighted by Crippen LogP contribution is -2.34. The second-order valence-electron chi connectivity index (χ2n) is 5.31. The van der Waals surface area contributed by atoms with Crippen LogP contribution in [0.15, 0.2) is 17.3 Å². The molecule has 0 aliphatic rings. The van der Waals surface area contributed by atoms with Crippen molar-refractivity contribution in [1.29, 1.82) is 0 Å². The van der Waals surface area contributed by atoms with Crippen molar-refractivity contribution in [2.45, 2.75) is 44.2 Å². The maximum atomic E-state index is 12.3. The van der Waals surface area contributed by atoms with Gasteiger partial charge in [-0.05, 0) is 12.3 Å². The molecule has 1 atom stereocenters. The summed E-state index contributed by atoms with van der Waals surface area (Å²) in [5.74, 6) is 0.259. The van der Waals surface area contributed by atoms with Crippen LogP contribution in [0.5, 0.6) is 0 Å². The Bertz CT molecular complexity index is 545. The van der Waals surface area contributed by atoms with Crippen LogP contribution in [0.4, 0.5) is 8.78 Å². The van der Waals surface area contributed by atoms with Crippen LogP contribution >= 0.6 is 0 Å². The van der Waals surface area contributed by atoms with Gasteiger partial charge in [-0.3, -0.25) is 4.68 Å². The fraction of sp³-hybridized carbons (Fsp3) is 0.750. The summed E-state index contributed by atoms with van der Waals surface area (Å²) in [5.41, 5.74) is 5.88. The van der Waals surface area contributed by atoms with Crippen molar-refractivity contribution in [2.24, 2.45) is 11.7 Å². The minimum absolute atomic E-state index is 0.0933. The Morgan fingerprint density at radius 1 is 1.43 bits per heavy atom. The number of nitrogens with zero attached hydrogens (tertiary/aromatic N) is 3. The molecule has 0 spiro atoms. The Kier molecular flexibility index (Phi) is 6.24. The highest BCUT2D eigenvalue weighted by Gasteiger charge is 2.23. The van der Waals surface area contributed by atoms with Crippen molar-refractivity contribution in [3.05, 3.63) is 12.4 Å². The molecule has 0 saturated heterocycles. The first-order chi connectivity index (χ1) is 9.64. The van der Waals surface area contributed by atoms with Crippen molar-refractivity contribution in [3.8, 4) is 0 Å². The second-order valence-corrected chi connectivity index (χ2v) is 7.36. The van der Waals surface area contributed by atoms with Crippen LogP contribution in [0.3, 0.4) is 0 Å². The SMILES string of the molecule is CC(C)C(N)CCN(C)S(=O)(=O)c1cnn(CC(F)F)c1. The lowest BCUT2D eigenvalue weighted by Gasteiger charge is -2.20. The van der Waals surface area contributed by atoms with Crippen LogP contribution in [0.1, 0.15) is 20.3 Å². The van der Waals surface area contributed by atoms with E-state index >= 15 is 0 Å². The molecule has 1 unspecified atom stereocenters. The fourth-order valence-corrected chi connectivity index (χ4v) is 2.82. The minimum atomic E-state index is -3.73. The lowest BCUT2D eigenvalue weighted by molar-refractivity contribution is 0.121. The smallest absolute Gasteiger partial charge is 0.257 e. The van der Waals surface area contributed by atoms with Crippen molar-refractivity contribution in [1.82, 2.24) is 14.1 Å². The number of sulfonamides is 1. The molecule has 1 aromatic heterocycles. The summed E-state index contributed by atoms with van der Waals surface area (Å²) in [5, 5.41) is 3.63. The molecule has 9 heteroatoms. The summed E-state index contributed by atoms with van der Waals surface area (Å²) in [4.78, 5) is -0.0937. The van der Waals surface area contributed by atoms with Crippen LogP contribution in [-0.2, 0) is 16.6 Å². The van der Waals surface area contributed by atoms with Gasteiger partial charge in [0, 0.05) is 25.8 Å². The number of nitrogens with two attached hydrogens (primary N) is 1. The van der Waals surface area contributed by atoms with E-state index in [0.29, 0.717) is 6.42 Å². The molecule has 2 N–H and O–H groups in total. The largest absolute Gasteiger partial charge is 0.327 e. The molecular formula is C12H22F2N4O2S. The highest BCUT2D eigenvalue weighted by molar-refractivity contribution is 7.89. The molecule has 0 radical (unpaired) electrons. The average Bonchev–Trinajstić information content (AvgIpc) is 2.83. The fourth-order valence-electron chi connectivity index (χ4n) is 1.68. The van der Waals surface area contributed by atoms with E-state index in [9.17, 15) is 17.2 Å². The van der Waals surface area contributed by atoms with Crippen molar-refractivity contribution in [2.75, 3.05) is 13.6 Å². The van der Waals surface area contributed by atoms with Crippen LogP contribution in [0.25, 0.3) is 0 Å². The topological polar surface area (TPSA) is 81.2 Å². The van der Waals surface area contributed by atoms with Gasteiger partial charge in [-0.25, -0.2) is 21.5 Å². The molecule has 0 aliphatic carbocycles. The van der Waals surface area contributed by atoms with E-state index in [0.717, 1.165) is 17.1 Å². The van der Waals surface area contributed by atoms with E-state index in [1.165, 1.54) is 11.4 Å². The van der Waals surface area contributed by atoms with Gasteiger partial charge in [-0.1, -0.05) is 13.8 Å². The summed E-state index contributed by atoms with van der Waals surface area (Å²) in [6, 6.07) is -0.0933. The van der Waals surface area contributed by atoms with E-state index in [2.05, 4.69) is 5.10 Å². The van der Waals surface area contributed by atoms with E-state index in [4.69, 9.17) is 5.73 Å². The Labute approximate surface area is 124 Å². The predicted octanol–water partition coefficient (Wildman–Crippen LogP) is 1.14. The normalized spacial score (nSPS) is 14.3. The van der Waals surface area contributed by atoms with Gasteiger partial charge in [0.2, 0.25) is 10.0 Å². The van der Waals surface area contributed by atoms with Gasteiger partial charge in [-0.2, -0.15) is 5.10 Å². The first-order valence-corrected chi connectivity index (χ1v) is 8.11. The number of rotatable bonds is 8. The molecule has 21 heavy (non-hydrogen) atoms. The van der Waals surface area contributed by atoms with Gasteiger partial charge >= 0.3 is 0 Å². The Morgan fingerprint density at radius 3 is 2.57 bits per heavy atom. The summed E-state index contributed by atoms with van der Waals surface area (Å²) >= 11 is 0. The summed E-state index contributed by atoms with van der Waals surface area (Å²) in [6.45, 7) is 3.57. The number of hydrogen-bond acceptors (Lipinski definition) is 4. The molecule has 0 fully saturated rings. The Balaban J connectivity index is 2.73. The van der Waals surface area contributed by atoms with Gasteiger partial charge in [0.15, 0.2) is 0 Å². The number of aromatic nitrogens is 2. The van der Waals surface area contributed by atoms with E-state index in [1.54, 1.807) is 0 Å². The molecule has 0 saturated carbocycles.